The Hall–Kier alpha value is -0.860. The van der Waals surface area contributed by atoms with Crippen molar-refractivity contribution in [1.29, 1.82) is 0 Å². The predicted molar refractivity (Wildman–Crippen MR) is 50.6 cm³/mol. The third-order valence-corrected chi connectivity index (χ3v) is 2.44. The van der Waals surface area contributed by atoms with Gasteiger partial charge in [-0.3, -0.25) is 9.59 Å². The highest BCUT2D eigenvalue weighted by molar-refractivity contribution is 6.01. The highest BCUT2D eigenvalue weighted by Gasteiger charge is 2.41. The molecule has 0 heterocycles. The van der Waals surface area contributed by atoms with Gasteiger partial charge in [0.1, 0.15) is 11.2 Å². The molecule has 0 rings (SSSR count). The minimum atomic E-state index is -1.12. The highest BCUT2D eigenvalue weighted by Crippen LogP contribution is 2.31. The fourth-order valence-corrected chi connectivity index (χ4v) is 1.70. The van der Waals surface area contributed by atoms with Crippen LogP contribution in [0.4, 0.5) is 0 Å². The topological polar surface area (TPSA) is 54.4 Å². The second-order valence-corrected chi connectivity index (χ2v) is 3.44. The smallest absolute Gasteiger partial charge is 0.317 e. The van der Waals surface area contributed by atoms with Crippen LogP contribution in [-0.2, 0) is 9.59 Å². The van der Waals surface area contributed by atoms with E-state index in [1.807, 2.05) is 13.8 Å². The largest absolute Gasteiger partial charge is 0.480 e. The Morgan fingerprint density at radius 2 is 1.54 bits per heavy atom. The summed E-state index contributed by atoms with van der Waals surface area (Å²) in [4.78, 5) is 22.3. The normalized spacial score (nSPS) is 11.3. The Bertz CT molecular complexity index is 174. The van der Waals surface area contributed by atoms with Gasteiger partial charge in [-0.25, -0.2) is 0 Å². The monoisotopic (exact) mass is 186 g/mol. The summed E-state index contributed by atoms with van der Waals surface area (Å²) in [6.07, 6.45) is 2.36. The molecular formula is C10H18O3. The summed E-state index contributed by atoms with van der Waals surface area (Å²) in [5.74, 6) is -1.19. The Kier molecular flexibility index (Phi) is 4.67. The van der Waals surface area contributed by atoms with Crippen LogP contribution in [0.25, 0.3) is 0 Å². The molecule has 3 heteroatoms. The van der Waals surface area contributed by atoms with Gasteiger partial charge in [-0.05, 0) is 19.8 Å². The van der Waals surface area contributed by atoms with Crippen molar-refractivity contribution in [2.75, 3.05) is 0 Å². The van der Waals surface area contributed by atoms with Crippen LogP contribution in [0.15, 0.2) is 0 Å². The first-order valence-electron chi connectivity index (χ1n) is 4.75. The van der Waals surface area contributed by atoms with Gasteiger partial charge in [-0.2, -0.15) is 0 Å². The van der Waals surface area contributed by atoms with Gasteiger partial charge < -0.3 is 5.11 Å². The molecule has 0 aliphatic carbocycles. The number of Topliss-reactive ketones (excluding diaryl/α,β-unsaturated/α-hetero) is 1. The summed E-state index contributed by atoms with van der Waals surface area (Å²) < 4.78 is 0. The predicted octanol–water partition coefficient (Wildman–Crippen LogP) is 2.25. The van der Waals surface area contributed by atoms with Crippen LogP contribution >= 0.6 is 0 Å². The molecule has 0 aliphatic rings. The molecule has 76 valence electrons. The van der Waals surface area contributed by atoms with Gasteiger partial charge in [-0.1, -0.05) is 26.7 Å². The van der Waals surface area contributed by atoms with Gasteiger partial charge in [0.05, 0.1) is 0 Å². The van der Waals surface area contributed by atoms with E-state index in [4.69, 9.17) is 5.11 Å². The fraction of sp³-hybridized carbons (Fsp3) is 0.800. The Labute approximate surface area is 79.1 Å². The van der Waals surface area contributed by atoms with E-state index in [1.165, 1.54) is 6.92 Å². The molecule has 0 aromatic rings. The van der Waals surface area contributed by atoms with Gasteiger partial charge in [0.15, 0.2) is 0 Å². The second-order valence-electron chi connectivity index (χ2n) is 3.44. The van der Waals surface area contributed by atoms with E-state index in [-0.39, 0.29) is 5.78 Å². The molecule has 0 aromatic carbocycles. The van der Waals surface area contributed by atoms with Gasteiger partial charge in [-0.15, -0.1) is 0 Å². The molecule has 0 spiro atoms. The van der Waals surface area contributed by atoms with E-state index in [9.17, 15) is 9.59 Å². The first-order chi connectivity index (χ1) is 6.01. The van der Waals surface area contributed by atoms with E-state index >= 15 is 0 Å². The zero-order valence-electron chi connectivity index (χ0n) is 8.59. The molecule has 0 unspecified atom stereocenters. The average Bonchev–Trinajstić information content (AvgIpc) is 2.03. The molecular weight excluding hydrogens is 168 g/mol. The van der Waals surface area contributed by atoms with Crippen LogP contribution in [0.1, 0.15) is 46.5 Å². The quantitative estimate of drug-likeness (QED) is 0.647. The van der Waals surface area contributed by atoms with Crippen molar-refractivity contribution in [1.82, 2.24) is 0 Å². The zero-order chi connectivity index (χ0) is 10.5. The maximum atomic E-state index is 11.3. The second kappa shape index (κ2) is 5.00. The van der Waals surface area contributed by atoms with Crippen molar-refractivity contribution >= 4 is 11.8 Å². The van der Waals surface area contributed by atoms with Crippen molar-refractivity contribution in [3.8, 4) is 0 Å². The molecule has 0 saturated carbocycles. The molecule has 0 saturated heterocycles. The van der Waals surface area contributed by atoms with Crippen molar-refractivity contribution in [3.05, 3.63) is 0 Å². The van der Waals surface area contributed by atoms with E-state index in [0.29, 0.717) is 12.8 Å². The van der Waals surface area contributed by atoms with Gasteiger partial charge in [0.2, 0.25) is 0 Å². The molecule has 1 N–H and O–H groups in total. The van der Waals surface area contributed by atoms with Crippen molar-refractivity contribution in [3.63, 3.8) is 0 Å². The third kappa shape index (κ3) is 2.54. The molecule has 0 amide bonds. The van der Waals surface area contributed by atoms with E-state index in [0.717, 1.165) is 12.8 Å². The summed E-state index contributed by atoms with van der Waals surface area (Å²) in [7, 11) is 0. The molecule has 13 heavy (non-hydrogen) atoms. The van der Waals surface area contributed by atoms with Crippen LogP contribution < -0.4 is 0 Å². The maximum Gasteiger partial charge on any atom is 0.317 e. The summed E-state index contributed by atoms with van der Waals surface area (Å²) >= 11 is 0. The van der Waals surface area contributed by atoms with Crippen LogP contribution in [-0.4, -0.2) is 16.9 Å². The van der Waals surface area contributed by atoms with Crippen molar-refractivity contribution in [2.45, 2.75) is 46.5 Å². The number of aliphatic carboxylic acids is 1. The van der Waals surface area contributed by atoms with Gasteiger partial charge in [0.25, 0.3) is 0 Å². The van der Waals surface area contributed by atoms with Gasteiger partial charge >= 0.3 is 5.97 Å². The minimum absolute atomic E-state index is 0.219. The number of rotatable bonds is 6. The highest BCUT2D eigenvalue weighted by atomic mass is 16.4. The summed E-state index contributed by atoms with van der Waals surface area (Å²) in [6, 6.07) is 0. The van der Waals surface area contributed by atoms with E-state index < -0.39 is 11.4 Å². The number of hydrogen-bond acceptors (Lipinski definition) is 2. The van der Waals surface area contributed by atoms with Crippen LogP contribution in [0.2, 0.25) is 0 Å². The Morgan fingerprint density at radius 1 is 1.15 bits per heavy atom. The number of hydrogen-bond donors (Lipinski definition) is 1. The fourth-order valence-electron chi connectivity index (χ4n) is 1.70. The molecule has 0 bridgehead atoms. The van der Waals surface area contributed by atoms with Crippen LogP contribution in [0.5, 0.6) is 0 Å². The van der Waals surface area contributed by atoms with Crippen molar-refractivity contribution < 1.29 is 14.7 Å². The van der Waals surface area contributed by atoms with Crippen molar-refractivity contribution in [2.24, 2.45) is 5.41 Å². The van der Waals surface area contributed by atoms with Crippen LogP contribution in [0.3, 0.4) is 0 Å². The molecule has 0 aliphatic heterocycles. The Morgan fingerprint density at radius 3 is 1.69 bits per heavy atom. The number of ketones is 1. The van der Waals surface area contributed by atoms with Crippen LogP contribution in [0, 0.1) is 5.41 Å². The molecule has 0 atom stereocenters. The molecule has 0 aromatic heterocycles. The molecule has 0 fully saturated rings. The SMILES string of the molecule is CCCC(CCC)(C(C)=O)C(=O)O. The number of carboxylic acid groups (broad SMARTS) is 1. The summed E-state index contributed by atoms with van der Waals surface area (Å²) in [5.41, 5.74) is -1.12. The summed E-state index contributed by atoms with van der Waals surface area (Å²) in [6.45, 7) is 5.17. The number of carbonyl (C=O) groups excluding carboxylic acids is 1. The summed E-state index contributed by atoms with van der Waals surface area (Å²) in [5, 5.41) is 9.04. The van der Waals surface area contributed by atoms with E-state index in [2.05, 4.69) is 0 Å². The maximum absolute atomic E-state index is 11.3. The molecule has 3 nitrogen and oxygen atoms in total. The lowest BCUT2D eigenvalue weighted by Crippen LogP contribution is -2.37. The standard InChI is InChI=1S/C10H18O3/c1-4-6-10(7-5-2,8(3)11)9(12)13/h4-7H2,1-3H3,(H,12,13). The zero-order valence-corrected chi connectivity index (χ0v) is 8.59. The number of carbonyl (C=O) groups is 2. The lowest BCUT2D eigenvalue weighted by molar-refractivity contribution is -0.155. The van der Waals surface area contributed by atoms with E-state index in [1.54, 1.807) is 0 Å². The molecule has 0 radical (unpaired) electrons. The first-order valence-corrected chi connectivity index (χ1v) is 4.75. The third-order valence-electron chi connectivity index (χ3n) is 2.44. The van der Waals surface area contributed by atoms with Gasteiger partial charge in [0, 0.05) is 0 Å². The lowest BCUT2D eigenvalue weighted by atomic mass is 9.76. The lowest BCUT2D eigenvalue weighted by Gasteiger charge is -2.25. The first kappa shape index (κ1) is 12.1. The average molecular weight is 186 g/mol. The minimum Gasteiger partial charge on any atom is -0.480 e. The number of carboxylic acids is 1. The Balaban J connectivity index is 4.80.